The Balaban J connectivity index is 2.19. The van der Waals surface area contributed by atoms with Crippen LogP contribution < -0.4 is 10.6 Å². The van der Waals surface area contributed by atoms with Crippen LogP contribution in [0.1, 0.15) is 31.8 Å². The van der Waals surface area contributed by atoms with Crippen molar-refractivity contribution in [3.63, 3.8) is 0 Å². The van der Waals surface area contributed by atoms with Crippen LogP contribution in [0.5, 0.6) is 0 Å². The number of carbonyl (C=O) groups excluding carboxylic acids is 2. The highest BCUT2D eigenvalue weighted by Gasteiger charge is 2.09. The van der Waals surface area contributed by atoms with Gasteiger partial charge in [-0.2, -0.15) is 0 Å². The summed E-state index contributed by atoms with van der Waals surface area (Å²) >= 11 is 0. The van der Waals surface area contributed by atoms with Crippen molar-refractivity contribution in [2.24, 2.45) is 0 Å². The first-order valence-electron chi connectivity index (χ1n) is 6.72. The lowest BCUT2D eigenvalue weighted by atomic mass is 10.1. The molecule has 108 valence electrons. The van der Waals surface area contributed by atoms with Crippen molar-refractivity contribution in [3.05, 3.63) is 64.7 Å². The van der Waals surface area contributed by atoms with Gasteiger partial charge in [0.2, 0.25) is 0 Å². The van der Waals surface area contributed by atoms with E-state index in [1.165, 1.54) is 0 Å². The van der Waals surface area contributed by atoms with Crippen LogP contribution >= 0.6 is 0 Å². The van der Waals surface area contributed by atoms with Crippen molar-refractivity contribution in [1.29, 1.82) is 0 Å². The summed E-state index contributed by atoms with van der Waals surface area (Å²) in [4.78, 5) is 23.8. The van der Waals surface area contributed by atoms with E-state index in [2.05, 4.69) is 10.6 Å². The van der Waals surface area contributed by atoms with Crippen molar-refractivity contribution in [1.82, 2.24) is 5.32 Å². The first-order chi connectivity index (χ1) is 10.0. The molecule has 0 spiro atoms. The molecule has 0 unspecified atom stereocenters. The number of rotatable bonds is 3. The molecule has 21 heavy (non-hydrogen) atoms. The van der Waals surface area contributed by atoms with Gasteiger partial charge >= 0.3 is 0 Å². The lowest BCUT2D eigenvalue weighted by Crippen LogP contribution is -2.18. The Hall–Kier alpha value is -2.62. The average molecular weight is 282 g/mol. The molecule has 0 aliphatic carbocycles. The zero-order valence-corrected chi connectivity index (χ0v) is 12.4. The fourth-order valence-corrected chi connectivity index (χ4v) is 1.97. The molecular weight excluding hydrogens is 264 g/mol. The van der Waals surface area contributed by atoms with Crippen LogP contribution in [-0.2, 0) is 0 Å². The van der Waals surface area contributed by atoms with Crippen molar-refractivity contribution < 1.29 is 9.59 Å². The Labute approximate surface area is 124 Å². The van der Waals surface area contributed by atoms with Crippen LogP contribution in [0, 0.1) is 13.8 Å². The van der Waals surface area contributed by atoms with E-state index >= 15 is 0 Å². The molecule has 0 atom stereocenters. The van der Waals surface area contributed by atoms with Gasteiger partial charge in [-0.05, 0) is 55.3 Å². The third kappa shape index (κ3) is 3.48. The molecule has 0 aromatic heterocycles. The number of hydrogen-bond acceptors (Lipinski definition) is 2. The smallest absolute Gasteiger partial charge is 0.255 e. The second-order valence-corrected chi connectivity index (χ2v) is 4.91. The van der Waals surface area contributed by atoms with Gasteiger partial charge in [-0.25, -0.2) is 0 Å². The largest absolute Gasteiger partial charge is 0.355 e. The number of nitrogens with one attached hydrogen (secondary N) is 2. The Morgan fingerprint density at radius 3 is 2.24 bits per heavy atom. The molecule has 0 aliphatic rings. The van der Waals surface area contributed by atoms with Gasteiger partial charge in [-0.3, -0.25) is 9.59 Å². The van der Waals surface area contributed by atoms with E-state index in [1.807, 2.05) is 26.0 Å². The molecule has 0 saturated heterocycles. The number of benzene rings is 2. The summed E-state index contributed by atoms with van der Waals surface area (Å²) < 4.78 is 0. The Kier molecular flexibility index (Phi) is 4.38. The van der Waals surface area contributed by atoms with E-state index in [9.17, 15) is 9.59 Å². The van der Waals surface area contributed by atoms with Crippen molar-refractivity contribution in [2.45, 2.75) is 13.8 Å². The molecule has 4 nitrogen and oxygen atoms in total. The molecule has 2 amide bonds. The van der Waals surface area contributed by atoms with Crippen LogP contribution in [0.4, 0.5) is 5.69 Å². The molecule has 0 radical (unpaired) electrons. The second kappa shape index (κ2) is 6.22. The number of hydrogen-bond donors (Lipinski definition) is 2. The Morgan fingerprint density at radius 2 is 1.57 bits per heavy atom. The van der Waals surface area contributed by atoms with E-state index in [-0.39, 0.29) is 11.8 Å². The van der Waals surface area contributed by atoms with Crippen LogP contribution in [0.25, 0.3) is 0 Å². The maximum Gasteiger partial charge on any atom is 0.255 e. The summed E-state index contributed by atoms with van der Waals surface area (Å²) in [5.74, 6) is -0.371. The normalized spacial score (nSPS) is 10.0. The molecule has 0 saturated carbocycles. The van der Waals surface area contributed by atoms with Gasteiger partial charge in [-0.15, -0.1) is 0 Å². The molecule has 0 bridgehead atoms. The van der Waals surface area contributed by atoms with E-state index in [1.54, 1.807) is 37.4 Å². The molecule has 2 N–H and O–H groups in total. The van der Waals surface area contributed by atoms with Gasteiger partial charge < -0.3 is 10.6 Å². The molecule has 0 aliphatic heterocycles. The highest BCUT2D eigenvalue weighted by atomic mass is 16.2. The third-order valence-corrected chi connectivity index (χ3v) is 3.38. The van der Waals surface area contributed by atoms with Crippen LogP contribution in [0.2, 0.25) is 0 Å². The number of aryl methyl sites for hydroxylation is 2. The first kappa shape index (κ1) is 14.8. The SMILES string of the molecule is CNC(=O)c1cccc(NC(=O)c2ccc(C)c(C)c2)c1. The van der Waals surface area contributed by atoms with E-state index in [0.717, 1.165) is 11.1 Å². The lowest BCUT2D eigenvalue weighted by Gasteiger charge is -2.08. The van der Waals surface area contributed by atoms with Gasteiger partial charge in [-0.1, -0.05) is 12.1 Å². The summed E-state index contributed by atoms with van der Waals surface area (Å²) in [6, 6.07) is 12.4. The number of amides is 2. The second-order valence-electron chi connectivity index (χ2n) is 4.91. The minimum absolute atomic E-state index is 0.183. The summed E-state index contributed by atoms with van der Waals surface area (Å²) in [5, 5.41) is 5.36. The summed E-state index contributed by atoms with van der Waals surface area (Å²) in [5.41, 5.74) is 3.92. The average Bonchev–Trinajstić information content (AvgIpc) is 2.49. The topological polar surface area (TPSA) is 58.2 Å². The Morgan fingerprint density at radius 1 is 0.857 bits per heavy atom. The standard InChI is InChI=1S/C17H18N2O2/c1-11-7-8-14(9-12(11)2)17(21)19-15-6-4-5-13(10-15)16(20)18-3/h4-10H,1-3H3,(H,18,20)(H,19,21). The molecule has 0 fully saturated rings. The predicted octanol–water partition coefficient (Wildman–Crippen LogP) is 2.92. The molecular formula is C17H18N2O2. The Bertz CT molecular complexity index is 693. The van der Waals surface area contributed by atoms with E-state index in [4.69, 9.17) is 0 Å². The number of anilines is 1. The highest BCUT2D eigenvalue weighted by molar-refractivity contribution is 6.05. The summed E-state index contributed by atoms with van der Waals surface area (Å²) in [6.07, 6.45) is 0. The molecule has 2 rings (SSSR count). The van der Waals surface area contributed by atoms with Gasteiger partial charge in [0, 0.05) is 23.9 Å². The monoisotopic (exact) mass is 282 g/mol. The van der Waals surface area contributed by atoms with Crippen LogP contribution in [0.3, 0.4) is 0 Å². The highest BCUT2D eigenvalue weighted by Crippen LogP contribution is 2.14. The maximum absolute atomic E-state index is 12.2. The van der Waals surface area contributed by atoms with E-state index in [0.29, 0.717) is 16.8 Å². The molecule has 0 heterocycles. The maximum atomic E-state index is 12.2. The fraction of sp³-hybridized carbons (Fsp3) is 0.176. The third-order valence-electron chi connectivity index (χ3n) is 3.38. The van der Waals surface area contributed by atoms with E-state index < -0.39 is 0 Å². The lowest BCUT2D eigenvalue weighted by molar-refractivity contribution is 0.0961. The summed E-state index contributed by atoms with van der Waals surface area (Å²) in [6.45, 7) is 3.97. The molecule has 2 aromatic rings. The molecule has 2 aromatic carbocycles. The van der Waals surface area contributed by atoms with Crippen LogP contribution in [-0.4, -0.2) is 18.9 Å². The van der Waals surface area contributed by atoms with Gasteiger partial charge in [0.25, 0.3) is 11.8 Å². The van der Waals surface area contributed by atoms with Crippen molar-refractivity contribution in [3.8, 4) is 0 Å². The predicted molar refractivity (Wildman–Crippen MR) is 83.7 cm³/mol. The minimum Gasteiger partial charge on any atom is -0.355 e. The zero-order valence-electron chi connectivity index (χ0n) is 12.4. The first-order valence-corrected chi connectivity index (χ1v) is 6.72. The number of carbonyl (C=O) groups is 2. The van der Waals surface area contributed by atoms with Crippen molar-refractivity contribution in [2.75, 3.05) is 12.4 Å². The van der Waals surface area contributed by atoms with Gasteiger partial charge in [0.1, 0.15) is 0 Å². The minimum atomic E-state index is -0.188. The zero-order chi connectivity index (χ0) is 15.4. The molecule has 4 heteroatoms. The summed E-state index contributed by atoms with van der Waals surface area (Å²) in [7, 11) is 1.57. The van der Waals surface area contributed by atoms with Gasteiger partial charge in [0.05, 0.1) is 0 Å². The fourth-order valence-electron chi connectivity index (χ4n) is 1.97. The van der Waals surface area contributed by atoms with Gasteiger partial charge in [0.15, 0.2) is 0 Å². The quantitative estimate of drug-likeness (QED) is 0.909. The van der Waals surface area contributed by atoms with Crippen LogP contribution in [0.15, 0.2) is 42.5 Å². The van der Waals surface area contributed by atoms with Crippen molar-refractivity contribution >= 4 is 17.5 Å².